The quantitative estimate of drug-likeness (QED) is 0.921. The Morgan fingerprint density at radius 3 is 2.59 bits per heavy atom. The second-order valence-electron chi connectivity index (χ2n) is 5.01. The van der Waals surface area contributed by atoms with E-state index in [4.69, 9.17) is 4.74 Å². The number of ether oxygens (including phenoxy) is 1. The minimum atomic E-state index is 0.119. The molecule has 0 unspecified atom stereocenters. The van der Waals surface area contributed by atoms with Crippen molar-refractivity contribution >= 4 is 15.9 Å². The molecule has 0 aliphatic heterocycles. The van der Waals surface area contributed by atoms with E-state index in [0.717, 1.165) is 29.5 Å². The molecular formula is C14H19BrO2. The lowest BCUT2D eigenvalue weighted by atomic mass is 9.81. The smallest absolute Gasteiger partial charge is 0.133 e. The Morgan fingerprint density at radius 2 is 2.06 bits per heavy atom. The van der Waals surface area contributed by atoms with Gasteiger partial charge in [-0.2, -0.15) is 0 Å². The maximum Gasteiger partial charge on any atom is 0.133 e. The van der Waals surface area contributed by atoms with E-state index in [0.29, 0.717) is 6.61 Å². The number of hydrogen-bond donors (Lipinski definition) is 1. The first-order chi connectivity index (χ1) is 8.19. The second kappa shape index (κ2) is 5.40. The summed E-state index contributed by atoms with van der Waals surface area (Å²) in [7, 11) is 1.67. The maximum atomic E-state index is 9.61. The molecule has 94 valence electrons. The lowest BCUT2D eigenvalue weighted by molar-refractivity contribution is 0.130. The van der Waals surface area contributed by atoms with Gasteiger partial charge in [-0.05, 0) is 58.3 Å². The zero-order chi connectivity index (χ0) is 12.3. The summed E-state index contributed by atoms with van der Waals surface area (Å²) in [5, 5.41) is 9.61. The van der Waals surface area contributed by atoms with Crippen LogP contribution < -0.4 is 4.74 Å². The van der Waals surface area contributed by atoms with Crippen LogP contribution in [-0.4, -0.2) is 18.8 Å². The Morgan fingerprint density at radius 1 is 1.35 bits per heavy atom. The molecule has 17 heavy (non-hydrogen) atoms. The van der Waals surface area contributed by atoms with Gasteiger partial charge in [0.1, 0.15) is 5.75 Å². The highest BCUT2D eigenvalue weighted by atomic mass is 79.9. The van der Waals surface area contributed by atoms with Crippen molar-refractivity contribution in [3.05, 3.63) is 28.2 Å². The summed E-state index contributed by atoms with van der Waals surface area (Å²) in [5.74, 6) is 0.859. The molecule has 0 bridgehead atoms. The van der Waals surface area contributed by atoms with Gasteiger partial charge >= 0.3 is 0 Å². The molecule has 2 rings (SSSR count). The van der Waals surface area contributed by atoms with Gasteiger partial charge in [0.2, 0.25) is 0 Å². The molecule has 0 atom stereocenters. The Kier molecular flexibility index (Phi) is 4.10. The first kappa shape index (κ1) is 12.9. The summed E-state index contributed by atoms with van der Waals surface area (Å²) >= 11 is 3.51. The van der Waals surface area contributed by atoms with Gasteiger partial charge in [0, 0.05) is 6.61 Å². The standard InChI is InChI=1S/C14H19BrO2/c1-17-13-5-4-11(8-12(13)15)9-14(10-16)6-2-3-7-14/h4-5,8,16H,2-3,6-7,9-10H2,1H3. The van der Waals surface area contributed by atoms with Crippen LogP contribution in [0.3, 0.4) is 0 Å². The van der Waals surface area contributed by atoms with Gasteiger partial charge in [-0.25, -0.2) is 0 Å². The number of methoxy groups -OCH3 is 1. The summed E-state index contributed by atoms with van der Waals surface area (Å²) in [6.07, 6.45) is 5.75. The molecule has 1 saturated carbocycles. The van der Waals surface area contributed by atoms with Crippen LogP contribution in [-0.2, 0) is 6.42 Å². The van der Waals surface area contributed by atoms with Crippen LogP contribution in [0.4, 0.5) is 0 Å². The number of aliphatic hydroxyl groups is 1. The predicted octanol–water partition coefficient (Wildman–Crippen LogP) is 3.55. The van der Waals surface area contributed by atoms with Crippen molar-refractivity contribution in [2.24, 2.45) is 5.41 Å². The maximum absolute atomic E-state index is 9.61. The van der Waals surface area contributed by atoms with Crippen LogP contribution in [0.15, 0.2) is 22.7 Å². The summed E-state index contributed by atoms with van der Waals surface area (Å²) < 4.78 is 6.21. The number of benzene rings is 1. The molecule has 0 amide bonds. The fraction of sp³-hybridized carbons (Fsp3) is 0.571. The van der Waals surface area contributed by atoms with Crippen LogP contribution >= 0.6 is 15.9 Å². The molecule has 2 nitrogen and oxygen atoms in total. The SMILES string of the molecule is COc1ccc(CC2(CO)CCCC2)cc1Br. The first-order valence-corrected chi connectivity index (χ1v) is 6.92. The van der Waals surface area contributed by atoms with Gasteiger partial charge in [0.25, 0.3) is 0 Å². The van der Waals surface area contributed by atoms with Crippen molar-refractivity contribution in [1.29, 1.82) is 0 Å². The second-order valence-corrected chi connectivity index (χ2v) is 5.87. The molecule has 0 heterocycles. The molecule has 1 aromatic rings. The Bertz CT molecular complexity index is 384. The van der Waals surface area contributed by atoms with E-state index in [-0.39, 0.29) is 5.41 Å². The molecule has 1 aromatic carbocycles. The van der Waals surface area contributed by atoms with E-state index >= 15 is 0 Å². The topological polar surface area (TPSA) is 29.5 Å². The number of hydrogen-bond acceptors (Lipinski definition) is 2. The van der Waals surface area contributed by atoms with Gasteiger partial charge in [0.05, 0.1) is 11.6 Å². The Labute approximate surface area is 111 Å². The van der Waals surface area contributed by atoms with Gasteiger partial charge in [0.15, 0.2) is 0 Å². The third-order valence-corrected chi connectivity index (χ3v) is 4.41. The Balaban J connectivity index is 2.15. The van der Waals surface area contributed by atoms with Crippen molar-refractivity contribution in [2.45, 2.75) is 32.1 Å². The summed E-state index contributed by atoms with van der Waals surface area (Å²) in [5.41, 5.74) is 1.39. The number of halogens is 1. The zero-order valence-electron chi connectivity index (χ0n) is 10.2. The number of rotatable bonds is 4. The zero-order valence-corrected chi connectivity index (χ0v) is 11.8. The summed E-state index contributed by atoms with van der Waals surface area (Å²) in [6, 6.07) is 6.19. The molecular weight excluding hydrogens is 280 g/mol. The van der Waals surface area contributed by atoms with Crippen LogP contribution in [0.1, 0.15) is 31.2 Å². The molecule has 1 N–H and O–H groups in total. The summed E-state index contributed by atoms with van der Waals surface area (Å²) in [4.78, 5) is 0. The van der Waals surface area contributed by atoms with E-state index in [1.165, 1.54) is 18.4 Å². The highest BCUT2D eigenvalue weighted by molar-refractivity contribution is 9.10. The van der Waals surface area contributed by atoms with Gasteiger partial charge in [-0.15, -0.1) is 0 Å². The van der Waals surface area contributed by atoms with Crippen molar-refractivity contribution in [1.82, 2.24) is 0 Å². The van der Waals surface area contributed by atoms with Crippen LogP contribution in [0, 0.1) is 5.41 Å². The lowest BCUT2D eigenvalue weighted by Gasteiger charge is -2.26. The van der Waals surface area contributed by atoms with Crippen molar-refractivity contribution < 1.29 is 9.84 Å². The average molecular weight is 299 g/mol. The Hall–Kier alpha value is -0.540. The van der Waals surface area contributed by atoms with Crippen LogP contribution in [0.25, 0.3) is 0 Å². The average Bonchev–Trinajstić information content (AvgIpc) is 2.79. The minimum absolute atomic E-state index is 0.119. The fourth-order valence-electron chi connectivity index (χ4n) is 2.77. The van der Waals surface area contributed by atoms with Crippen LogP contribution in [0.5, 0.6) is 5.75 Å². The van der Waals surface area contributed by atoms with E-state index < -0.39 is 0 Å². The summed E-state index contributed by atoms with van der Waals surface area (Å²) in [6.45, 7) is 0.302. The molecule has 0 spiro atoms. The van der Waals surface area contributed by atoms with Crippen molar-refractivity contribution in [2.75, 3.05) is 13.7 Å². The fourth-order valence-corrected chi connectivity index (χ4v) is 3.36. The highest BCUT2D eigenvalue weighted by Gasteiger charge is 2.33. The van der Waals surface area contributed by atoms with Gasteiger partial charge in [-0.1, -0.05) is 18.9 Å². The third kappa shape index (κ3) is 2.83. The van der Waals surface area contributed by atoms with Gasteiger partial charge in [-0.3, -0.25) is 0 Å². The van der Waals surface area contributed by atoms with Crippen LogP contribution in [0.2, 0.25) is 0 Å². The molecule has 0 aromatic heterocycles. The molecule has 0 radical (unpaired) electrons. The molecule has 1 aliphatic carbocycles. The lowest BCUT2D eigenvalue weighted by Crippen LogP contribution is -2.24. The highest BCUT2D eigenvalue weighted by Crippen LogP contribution is 2.41. The largest absolute Gasteiger partial charge is 0.496 e. The normalized spacial score (nSPS) is 18.3. The molecule has 3 heteroatoms. The minimum Gasteiger partial charge on any atom is -0.496 e. The monoisotopic (exact) mass is 298 g/mol. The predicted molar refractivity (Wildman–Crippen MR) is 72.4 cm³/mol. The third-order valence-electron chi connectivity index (χ3n) is 3.79. The van der Waals surface area contributed by atoms with Gasteiger partial charge < -0.3 is 9.84 Å². The van der Waals surface area contributed by atoms with Crippen molar-refractivity contribution in [3.8, 4) is 5.75 Å². The van der Waals surface area contributed by atoms with Crippen molar-refractivity contribution in [3.63, 3.8) is 0 Å². The van der Waals surface area contributed by atoms with E-state index in [9.17, 15) is 5.11 Å². The van der Waals surface area contributed by atoms with E-state index in [1.54, 1.807) is 7.11 Å². The molecule has 0 saturated heterocycles. The molecule has 1 aliphatic rings. The first-order valence-electron chi connectivity index (χ1n) is 6.12. The van der Waals surface area contributed by atoms with E-state index in [2.05, 4.69) is 28.1 Å². The molecule has 1 fully saturated rings. The van der Waals surface area contributed by atoms with E-state index in [1.807, 2.05) is 6.07 Å². The number of aliphatic hydroxyl groups excluding tert-OH is 1.